The van der Waals surface area contributed by atoms with Crippen LogP contribution in [0, 0.1) is 24.2 Å². The minimum atomic E-state index is 0.0127. The third-order valence-corrected chi connectivity index (χ3v) is 2.62. The van der Waals surface area contributed by atoms with Crippen LogP contribution in [0.25, 0.3) is 0 Å². The second-order valence-electron chi connectivity index (χ2n) is 4.15. The maximum absolute atomic E-state index is 11.2. The molecule has 0 bridgehead atoms. The van der Waals surface area contributed by atoms with Gasteiger partial charge in [-0.2, -0.15) is 0 Å². The molecule has 2 unspecified atom stereocenters. The van der Waals surface area contributed by atoms with E-state index in [0.29, 0.717) is 13.1 Å². The zero-order valence-corrected chi connectivity index (χ0v) is 8.92. The maximum Gasteiger partial charge on any atom is 0.234 e. The van der Waals surface area contributed by atoms with Crippen LogP contribution in [-0.4, -0.2) is 37.5 Å². The molecule has 1 amide bonds. The molecule has 78 valence electrons. The molecular weight excluding hydrogens is 176 g/mol. The van der Waals surface area contributed by atoms with E-state index in [1.165, 1.54) is 6.42 Å². The van der Waals surface area contributed by atoms with Gasteiger partial charge in [0.25, 0.3) is 0 Å². The van der Waals surface area contributed by atoms with Crippen molar-refractivity contribution in [3.63, 3.8) is 0 Å². The van der Waals surface area contributed by atoms with Crippen molar-refractivity contribution in [3.05, 3.63) is 0 Å². The van der Waals surface area contributed by atoms with Crippen molar-refractivity contribution in [2.75, 3.05) is 26.7 Å². The Balaban J connectivity index is 2.10. The van der Waals surface area contributed by atoms with Crippen molar-refractivity contribution in [2.24, 2.45) is 11.8 Å². The molecule has 1 N–H and O–H groups in total. The number of likely N-dealkylation sites (N-methyl/N-ethyl adjacent to an activating group) is 1. The number of hydrogen-bond acceptors (Lipinski definition) is 2. The summed E-state index contributed by atoms with van der Waals surface area (Å²) in [6.45, 7) is 4.04. The molecule has 3 nitrogen and oxygen atoms in total. The molecule has 1 saturated carbocycles. The number of carbonyl (C=O) groups excluding carboxylic acids is 1. The molecule has 0 aromatic heterocycles. The highest BCUT2D eigenvalue weighted by Crippen LogP contribution is 2.37. The minimum absolute atomic E-state index is 0.0127. The summed E-state index contributed by atoms with van der Waals surface area (Å²) in [7, 11) is 1.97. The van der Waals surface area contributed by atoms with Crippen LogP contribution in [0.4, 0.5) is 0 Å². The van der Waals surface area contributed by atoms with Crippen molar-refractivity contribution in [1.82, 2.24) is 10.2 Å². The average molecular weight is 194 g/mol. The molecule has 0 aliphatic heterocycles. The normalized spacial score (nSPS) is 24.4. The summed E-state index contributed by atoms with van der Waals surface area (Å²) in [6.07, 6.45) is 6.34. The van der Waals surface area contributed by atoms with E-state index in [9.17, 15) is 4.79 Å². The zero-order chi connectivity index (χ0) is 10.6. The lowest BCUT2D eigenvalue weighted by atomic mass is 10.3. The predicted molar refractivity (Wildman–Crippen MR) is 56.6 cm³/mol. The third kappa shape index (κ3) is 3.80. The highest BCUT2D eigenvalue weighted by molar-refractivity contribution is 5.78. The first-order valence-corrected chi connectivity index (χ1v) is 5.02. The van der Waals surface area contributed by atoms with E-state index in [0.717, 1.165) is 18.4 Å². The predicted octanol–water partition coefficient (Wildman–Crippen LogP) is 0.324. The molecule has 3 heteroatoms. The topological polar surface area (TPSA) is 32.3 Å². The number of carbonyl (C=O) groups is 1. The van der Waals surface area contributed by atoms with Crippen LogP contribution in [0.3, 0.4) is 0 Å². The number of nitrogens with one attached hydrogen (secondary N) is 1. The molecule has 1 aliphatic rings. The van der Waals surface area contributed by atoms with Gasteiger partial charge in [0.05, 0.1) is 13.1 Å². The standard InChI is InChI=1S/C11H18N2O/c1-4-5-12-11(14)8-13(3)7-10-6-9(10)2/h1,9-10H,5-8H2,2-3H3,(H,12,14). The van der Waals surface area contributed by atoms with Gasteiger partial charge < -0.3 is 5.32 Å². The van der Waals surface area contributed by atoms with Gasteiger partial charge in [0.2, 0.25) is 5.91 Å². The van der Waals surface area contributed by atoms with Crippen molar-refractivity contribution < 1.29 is 4.79 Å². The van der Waals surface area contributed by atoms with Gasteiger partial charge in [-0.25, -0.2) is 0 Å². The lowest BCUT2D eigenvalue weighted by Crippen LogP contribution is -2.36. The number of nitrogens with zero attached hydrogens (tertiary/aromatic N) is 1. The molecule has 0 saturated heterocycles. The van der Waals surface area contributed by atoms with Crippen LogP contribution in [0.5, 0.6) is 0 Å². The Morgan fingerprint density at radius 3 is 2.86 bits per heavy atom. The Labute approximate surface area is 85.9 Å². The first-order valence-electron chi connectivity index (χ1n) is 5.02. The minimum Gasteiger partial charge on any atom is -0.344 e. The Morgan fingerprint density at radius 1 is 1.71 bits per heavy atom. The van der Waals surface area contributed by atoms with E-state index in [4.69, 9.17) is 6.42 Å². The summed E-state index contributed by atoms with van der Waals surface area (Å²) in [4.78, 5) is 13.3. The SMILES string of the molecule is C#CCNC(=O)CN(C)CC1CC1C. The zero-order valence-electron chi connectivity index (χ0n) is 8.92. The van der Waals surface area contributed by atoms with Crippen molar-refractivity contribution in [1.29, 1.82) is 0 Å². The molecule has 1 rings (SSSR count). The smallest absolute Gasteiger partial charge is 0.234 e. The Hall–Kier alpha value is -1.01. The molecule has 0 spiro atoms. The Bertz CT molecular complexity index is 244. The first-order chi connectivity index (χ1) is 6.63. The van der Waals surface area contributed by atoms with E-state index in [2.05, 4.69) is 23.1 Å². The molecule has 0 aromatic carbocycles. The molecule has 14 heavy (non-hydrogen) atoms. The van der Waals surface area contributed by atoms with Gasteiger partial charge in [-0.1, -0.05) is 12.8 Å². The maximum atomic E-state index is 11.2. The molecule has 0 aromatic rings. The largest absolute Gasteiger partial charge is 0.344 e. The second kappa shape index (κ2) is 5.02. The molecule has 1 fully saturated rings. The number of terminal acetylenes is 1. The van der Waals surface area contributed by atoms with Gasteiger partial charge in [0, 0.05) is 6.54 Å². The van der Waals surface area contributed by atoms with Crippen molar-refractivity contribution in [2.45, 2.75) is 13.3 Å². The third-order valence-electron chi connectivity index (χ3n) is 2.62. The van der Waals surface area contributed by atoms with Crippen molar-refractivity contribution in [3.8, 4) is 12.3 Å². The highest BCUT2D eigenvalue weighted by Gasteiger charge is 2.33. The van der Waals surface area contributed by atoms with E-state index in [1.807, 2.05) is 7.05 Å². The van der Waals surface area contributed by atoms with Gasteiger partial charge in [-0.15, -0.1) is 6.42 Å². The molecule has 1 aliphatic carbocycles. The van der Waals surface area contributed by atoms with Crippen LogP contribution in [0.15, 0.2) is 0 Å². The summed E-state index contributed by atoms with van der Waals surface area (Å²) in [6, 6.07) is 0. The fourth-order valence-corrected chi connectivity index (χ4v) is 1.57. The van der Waals surface area contributed by atoms with Crippen LogP contribution >= 0.6 is 0 Å². The highest BCUT2D eigenvalue weighted by atomic mass is 16.1. The van der Waals surface area contributed by atoms with E-state index < -0.39 is 0 Å². The van der Waals surface area contributed by atoms with Crippen LogP contribution in [0.2, 0.25) is 0 Å². The second-order valence-corrected chi connectivity index (χ2v) is 4.15. The summed E-state index contributed by atoms with van der Waals surface area (Å²) in [5, 5.41) is 2.65. The van der Waals surface area contributed by atoms with Crippen LogP contribution in [0.1, 0.15) is 13.3 Å². The fourth-order valence-electron chi connectivity index (χ4n) is 1.57. The number of hydrogen-bond donors (Lipinski definition) is 1. The fraction of sp³-hybridized carbons (Fsp3) is 0.727. The lowest BCUT2D eigenvalue weighted by Gasteiger charge is -2.15. The van der Waals surface area contributed by atoms with Crippen LogP contribution in [-0.2, 0) is 4.79 Å². The number of amides is 1. The lowest BCUT2D eigenvalue weighted by molar-refractivity contribution is -0.121. The van der Waals surface area contributed by atoms with Gasteiger partial charge in [0.15, 0.2) is 0 Å². The summed E-state index contributed by atoms with van der Waals surface area (Å²) >= 11 is 0. The summed E-state index contributed by atoms with van der Waals surface area (Å²) in [5.41, 5.74) is 0. The first kappa shape index (κ1) is 11.1. The Kier molecular flexibility index (Phi) is 3.97. The van der Waals surface area contributed by atoms with Gasteiger partial charge in [-0.05, 0) is 25.3 Å². The van der Waals surface area contributed by atoms with Crippen molar-refractivity contribution >= 4 is 5.91 Å². The number of rotatable bonds is 5. The van der Waals surface area contributed by atoms with E-state index in [1.54, 1.807) is 0 Å². The van der Waals surface area contributed by atoms with E-state index in [-0.39, 0.29) is 5.91 Å². The Morgan fingerprint density at radius 2 is 2.36 bits per heavy atom. The quantitative estimate of drug-likeness (QED) is 0.639. The molecule has 0 radical (unpaired) electrons. The average Bonchev–Trinajstić information content (AvgIpc) is 2.77. The molecular formula is C11H18N2O. The monoisotopic (exact) mass is 194 g/mol. The van der Waals surface area contributed by atoms with E-state index >= 15 is 0 Å². The van der Waals surface area contributed by atoms with Gasteiger partial charge >= 0.3 is 0 Å². The summed E-state index contributed by atoms with van der Waals surface area (Å²) in [5.74, 6) is 4.03. The van der Waals surface area contributed by atoms with Crippen LogP contribution < -0.4 is 5.32 Å². The molecule has 0 heterocycles. The molecule has 2 atom stereocenters. The summed E-state index contributed by atoms with van der Waals surface area (Å²) < 4.78 is 0. The van der Waals surface area contributed by atoms with Gasteiger partial charge in [-0.3, -0.25) is 9.69 Å². The van der Waals surface area contributed by atoms with Gasteiger partial charge in [0.1, 0.15) is 0 Å².